The van der Waals surface area contributed by atoms with E-state index >= 15 is 0 Å². The van der Waals surface area contributed by atoms with E-state index in [-0.39, 0.29) is 0 Å². The van der Waals surface area contributed by atoms with Gasteiger partial charge in [-0.15, -0.1) is 0 Å². The summed E-state index contributed by atoms with van der Waals surface area (Å²) in [4.78, 5) is 4.93. The van der Waals surface area contributed by atoms with Gasteiger partial charge in [-0.25, -0.2) is 0 Å². The lowest BCUT2D eigenvalue weighted by molar-refractivity contribution is 0.659. The highest BCUT2D eigenvalue weighted by Crippen LogP contribution is 2.31. The van der Waals surface area contributed by atoms with Crippen LogP contribution < -0.4 is 5.32 Å². The second-order valence-electron chi connectivity index (χ2n) is 6.18. The van der Waals surface area contributed by atoms with Crippen molar-refractivity contribution in [3.05, 3.63) is 40.6 Å². The minimum atomic E-state index is 0.567. The fourth-order valence-corrected chi connectivity index (χ4v) is 3.28. The zero-order chi connectivity index (χ0) is 14.1. The standard InChI is InChI=1S/C18H24N2/c1-12(2)13-8-9-18-15(10-13)16(11-19-3)14-6-4-5-7-17(14)20-18/h8-10,12,19H,4-7,11H2,1-3H3. The van der Waals surface area contributed by atoms with E-state index in [1.807, 2.05) is 7.05 Å². The van der Waals surface area contributed by atoms with Crippen LogP contribution in [0.4, 0.5) is 0 Å². The Hall–Kier alpha value is -1.41. The summed E-state index contributed by atoms with van der Waals surface area (Å²) >= 11 is 0. The van der Waals surface area contributed by atoms with Crippen molar-refractivity contribution >= 4 is 10.9 Å². The lowest BCUT2D eigenvalue weighted by atomic mass is 9.88. The second-order valence-corrected chi connectivity index (χ2v) is 6.18. The molecule has 2 nitrogen and oxygen atoms in total. The van der Waals surface area contributed by atoms with Gasteiger partial charge >= 0.3 is 0 Å². The summed E-state index contributed by atoms with van der Waals surface area (Å²) in [5.74, 6) is 0.567. The molecule has 0 saturated heterocycles. The Morgan fingerprint density at radius 1 is 1.20 bits per heavy atom. The van der Waals surface area contributed by atoms with Crippen LogP contribution in [0.5, 0.6) is 0 Å². The number of hydrogen-bond donors (Lipinski definition) is 1. The Morgan fingerprint density at radius 2 is 2.00 bits per heavy atom. The van der Waals surface area contributed by atoms with Gasteiger partial charge in [0, 0.05) is 17.6 Å². The van der Waals surface area contributed by atoms with Crippen molar-refractivity contribution in [2.24, 2.45) is 0 Å². The maximum absolute atomic E-state index is 4.93. The number of nitrogens with one attached hydrogen (secondary N) is 1. The summed E-state index contributed by atoms with van der Waals surface area (Å²) in [5, 5.41) is 4.70. The van der Waals surface area contributed by atoms with Crippen LogP contribution in [-0.4, -0.2) is 12.0 Å². The molecule has 0 atom stereocenters. The third-order valence-corrected chi connectivity index (χ3v) is 4.42. The van der Waals surface area contributed by atoms with Gasteiger partial charge in [0.05, 0.1) is 5.52 Å². The van der Waals surface area contributed by atoms with Gasteiger partial charge in [0.1, 0.15) is 0 Å². The molecule has 1 aliphatic carbocycles. The third kappa shape index (κ3) is 2.33. The van der Waals surface area contributed by atoms with Gasteiger partial charge in [0.15, 0.2) is 0 Å². The summed E-state index contributed by atoms with van der Waals surface area (Å²) < 4.78 is 0. The maximum Gasteiger partial charge on any atom is 0.0708 e. The summed E-state index contributed by atoms with van der Waals surface area (Å²) in [7, 11) is 2.04. The van der Waals surface area contributed by atoms with E-state index in [1.165, 1.54) is 52.5 Å². The molecule has 0 amide bonds. The van der Waals surface area contributed by atoms with Crippen LogP contribution in [0.15, 0.2) is 18.2 Å². The maximum atomic E-state index is 4.93. The summed E-state index contributed by atoms with van der Waals surface area (Å²) in [6.07, 6.45) is 4.93. The van der Waals surface area contributed by atoms with Crippen LogP contribution in [0.25, 0.3) is 10.9 Å². The Morgan fingerprint density at radius 3 is 2.75 bits per heavy atom. The van der Waals surface area contributed by atoms with Gasteiger partial charge in [-0.2, -0.15) is 0 Å². The van der Waals surface area contributed by atoms with E-state index in [4.69, 9.17) is 4.98 Å². The molecule has 0 saturated carbocycles. The smallest absolute Gasteiger partial charge is 0.0708 e. The van der Waals surface area contributed by atoms with Crippen LogP contribution in [-0.2, 0) is 19.4 Å². The summed E-state index contributed by atoms with van der Waals surface area (Å²) in [6.45, 7) is 5.46. The molecule has 0 spiro atoms. The molecule has 0 radical (unpaired) electrons. The van der Waals surface area contributed by atoms with Crippen LogP contribution >= 0.6 is 0 Å². The number of fused-ring (bicyclic) bond motifs is 2. The molecule has 2 aromatic rings. The summed E-state index contributed by atoms with van der Waals surface area (Å²) in [6, 6.07) is 6.80. The van der Waals surface area contributed by atoms with E-state index in [9.17, 15) is 0 Å². The largest absolute Gasteiger partial charge is 0.316 e. The summed E-state index contributed by atoms with van der Waals surface area (Å²) in [5.41, 5.74) is 6.91. The lowest BCUT2D eigenvalue weighted by Gasteiger charge is -2.21. The topological polar surface area (TPSA) is 24.9 Å². The van der Waals surface area contributed by atoms with Crippen molar-refractivity contribution in [2.45, 2.75) is 52.0 Å². The number of benzene rings is 1. The molecule has 2 heteroatoms. The zero-order valence-corrected chi connectivity index (χ0v) is 12.8. The van der Waals surface area contributed by atoms with Gasteiger partial charge in [0.25, 0.3) is 0 Å². The number of pyridine rings is 1. The molecule has 20 heavy (non-hydrogen) atoms. The van der Waals surface area contributed by atoms with Crippen molar-refractivity contribution in [1.82, 2.24) is 10.3 Å². The van der Waals surface area contributed by atoms with Crippen molar-refractivity contribution < 1.29 is 0 Å². The zero-order valence-electron chi connectivity index (χ0n) is 12.8. The van der Waals surface area contributed by atoms with E-state index < -0.39 is 0 Å². The minimum Gasteiger partial charge on any atom is -0.316 e. The van der Waals surface area contributed by atoms with Crippen LogP contribution in [0, 0.1) is 0 Å². The number of aryl methyl sites for hydroxylation is 1. The van der Waals surface area contributed by atoms with Crippen molar-refractivity contribution in [3.63, 3.8) is 0 Å². The fourth-order valence-electron chi connectivity index (χ4n) is 3.28. The normalized spacial score (nSPS) is 14.8. The molecule has 0 aliphatic heterocycles. The average Bonchev–Trinajstić information content (AvgIpc) is 2.46. The van der Waals surface area contributed by atoms with Gasteiger partial charge in [-0.05, 0) is 67.5 Å². The highest BCUT2D eigenvalue weighted by molar-refractivity contribution is 5.84. The quantitative estimate of drug-likeness (QED) is 0.911. The van der Waals surface area contributed by atoms with Gasteiger partial charge in [0.2, 0.25) is 0 Å². The van der Waals surface area contributed by atoms with Crippen LogP contribution in [0.2, 0.25) is 0 Å². The molecule has 1 heterocycles. The number of rotatable bonds is 3. The van der Waals surface area contributed by atoms with Gasteiger partial charge in [-0.3, -0.25) is 4.98 Å². The number of nitrogens with zero attached hydrogens (tertiary/aromatic N) is 1. The lowest BCUT2D eigenvalue weighted by Crippen LogP contribution is -2.14. The first-order valence-electron chi connectivity index (χ1n) is 7.79. The highest BCUT2D eigenvalue weighted by atomic mass is 14.8. The van der Waals surface area contributed by atoms with Crippen molar-refractivity contribution in [2.75, 3.05) is 7.05 Å². The van der Waals surface area contributed by atoms with E-state index in [0.717, 1.165) is 13.0 Å². The molecule has 1 aromatic carbocycles. The van der Waals surface area contributed by atoms with Crippen molar-refractivity contribution in [3.8, 4) is 0 Å². The van der Waals surface area contributed by atoms with Gasteiger partial charge < -0.3 is 5.32 Å². The first-order chi connectivity index (χ1) is 9.70. The molecular weight excluding hydrogens is 244 g/mol. The molecule has 106 valence electrons. The second kappa shape index (κ2) is 5.53. The first-order valence-corrected chi connectivity index (χ1v) is 7.79. The molecular formula is C18H24N2. The number of aromatic nitrogens is 1. The highest BCUT2D eigenvalue weighted by Gasteiger charge is 2.18. The average molecular weight is 268 g/mol. The third-order valence-electron chi connectivity index (χ3n) is 4.42. The Labute approximate surface area is 121 Å². The van der Waals surface area contributed by atoms with Crippen LogP contribution in [0.3, 0.4) is 0 Å². The Bertz CT molecular complexity index is 629. The Balaban J connectivity index is 2.25. The predicted octanol–water partition coefficient (Wildman–Crippen LogP) is 3.96. The van der Waals surface area contributed by atoms with E-state index in [2.05, 4.69) is 37.4 Å². The molecule has 1 aromatic heterocycles. The molecule has 1 aliphatic rings. The predicted molar refractivity (Wildman–Crippen MR) is 85.2 cm³/mol. The SMILES string of the molecule is CNCc1c2c(nc3ccc(C(C)C)cc13)CCCC2. The minimum absolute atomic E-state index is 0.567. The molecule has 0 unspecified atom stereocenters. The first kappa shape index (κ1) is 13.6. The van der Waals surface area contributed by atoms with Crippen LogP contribution in [0.1, 0.15) is 55.0 Å². The molecule has 0 fully saturated rings. The molecule has 0 bridgehead atoms. The van der Waals surface area contributed by atoms with Gasteiger partial charge in [-0.1, -0.05) is 19.9 Å². The monoisotopic (exact) mass is 268 g/mol. The van der Waals surface area contributed by atoms with E-state index in [1.54, 1.807) is 0 Å². The molecule has 1 N–H and O–H groups in total. The van der Waals surface area contributed by atoms with Crippen molar-refractivity contribution in [1.29, 1.82) is 0 Å². The fraction of sp³-hybridized carbons (Fsp3) is 0.500. The van der Waals surface area contributed by atoms with E-state index in [0.29, 0.717) is 5.92 Å². The number of hydrogen-bond acceptors (Lipinski definition) is 2. The Kier molecular flexibility index (Phi) is 3.75. The molecule has 3 rings (SSSR count).